The van der Waals surface area contributed by atoms with Crippen LogP contribution in [0, 0.1) is 5.92 Å². The summed E-state index contributed by atoms with van der Waals surface area (Å²) in [4.78, 5) is 55.7. The third-order valence-electron chi connectivity index (χ3n) is 10.1. The molecule has 6 rings (SSSR count). The molecule has 3 heterocycles. The van der Waals surface area contributed by atoms with E-state index < -0.39 is 17.4 Å². The fourth-order valence-corrected chi connectivity index (χ4v) is 7.19. The smallest absolute Gasteiger partial charge is 0.305 e. The van der Waals surface area contributed by atoms with Crippen molar-refractivity contribution < 1.29 is 34.1 Å². The third kappa shape index (κ3) is 7.22. The van der Waals surface area contributed by atoms with E-state index in [1.807, 2.05) is 54.6 Å². The highest BCUT2D eigenvalue weighted by Gasteiger charge is 2.52. The Hall–Kier alpha value is -5.13. The molecule has 3 atom stereocenters. The van der Waals surface area contributed by atoms with Gasteiger partial charge in [-0.2, -0.15) is 5.10 Å². The first-order chi connectivity index (χ1) is 24.6. The Morgan fingerprint density at radius 1 is 1.02 bits per heavy atom. The van der Waals surface area contributed by atoms with Gasteiger partial charge in [-0.25, -0.2) is 5.01 Å². The van der Waals surface area contributed by atoms with Gasteiger partial charge in [-0.1, -0.05) is 73.7 Å². The monoisotopic (exact) mass is 692 g/mol. The van der Waals surface area contributed by atoms with Crippen LogP contribution in [-0.2, 0) is 42.5 Å². The van der Waals surface area contributed by atoms with Gasteiger partial charge < -0.3 is 24.7 Å². The summed E-state index contributed by atoms with van der Waals surface area (Å²) >= 11 is 0. The van der Waals surface area contributed by atoms with Crippen molar-refractivity contribution in [3.63, 3.8) is 0 Å². The normalized spacial score (nSPS) is 20.7. The Labute approximate surface area is 297 Å². The second-order valence-corrected chi connectivity index (χ2v) is 13.3. The topological polar surface area (TPSA) is 140 Å². The van der Waals surface area contributed by atoms with Crippen LogP contribution in [0.1, 0.15) is 67.7 Å². The van der Waals surface area contributed by atoms with Gasteiger partial charge in [0.1, 0.15) is 0 Å². The Kier molecular flexibility index (Phi) is 10.8. The lowest BCUT2D eigenvalue weighted by Crippen LogP contribution is -2.46. The summed E-state index contributed by atoms with van der Waals surface area (Å²) in [5.41, 5.74) is 3.11. The standard InChI is InChI=1S/C40H44N4O7/c1-27(11-10-16-36(46)43-25-30-15-7-6-14-29(30)23-32(43)26-45)40(50)33-24-31(44-37(47)21-19-34(41-44)28-12-4-3-5-13-28)18-20-35(33)42(39(40)49)22-9-8-17-38(48)51-2/h3-7,10-15,18,20,24,27,32,45,50H,8-9,16-17,19,21-23,25-26H2,1-2H3/b11-10+/t27-,32+,40+/m1/s1. The van der Waals surface area contributed by atoms with E-state index in [0.29, 0.717) is 49.2 Å². The Bertz CT molecular complexity index is 1860. The molecule has 3 aliphatic rings. The molecule has 3 aromatic rings. The van der Waals surface area contributed by atoms with Gasteiger partial charge in [-0.3, -0.25) is 19.2 Å². The zero-order chi connectivity index (χ0) is 36.1. The van der Waals surface area contributed by atoms with Crippen molar-refractivity contribution in [3.8, 4) is 0 Å². The lowest BCUT2D eigenvalue weighted by atomic mass is 9.82. The average Bonchev–Trinajstić information content (AvgIpc) is 3.38. The number of hydrazone groups is 1. The summed E-state index contributed by atoms with van der Waals surface area (Å²) in [6.45, 7) is 2.23. The summed E-state index contributed by atoms with van der Waals surface area (Å²) in [6.07, 6.45) is 5.89. The van der Waals surface area contributed by atoms with Crippen molar-refractivity contribution in [2.75, 3.05) is 30.2 Å². The van der Waals surface area contributed by atoms with Crippen LogP contribution in [0.2, 0.25) is 0 Å². The molecule has 11 heteroatoms. The molecule has 11 nitrogen and oxygen atoms in total. The van der Waals surface area contributed by atoms with Gasteiger partial charge in [0.2, 0.25) is 11.8 Å². The number of unbranched alkanes of at least 4 members (excludes halogenated alkanes) is 1. The number of benzene rings is 3. The molecule has 0 saturated heterocycles. The SMILES string of the molecule is COC(=O)CCCCN1C(=O)[C@](O)([C@H](C)/C=C/CC(=O)N2Cc3ccccc3C[C@H]2CO)c2cc(N3N=C(c4ccccc4)CCC3=O)ccc21. The quantitative estimate of drug-likeness (QED) is 0.160. The first-order valence-corrected chi connectivity index (χ1v) is 17.5. The van der Waals surface area contributed by atoms with Gasteiger partial charge in [0, 0.05) is 50.3 Å². The molecule has 2 N–H and O–H groups in total. The number of amides is 3. The predicted molar refractivity (Wildman–Crippen MR) is 193 cm³/mol. The zero-order valence-corrected chi connectivity index (χ0v) is 29.0. The van der Waals surface area contributed by atoms with E-state index in [0.717, 1.165) is 22.4 Å². The van der Waals surface area contributed by atoms with Crippen LogP contribution in [0.15, 0.2) is 90.0 Å². The van der Waals surface area contributed by atoms with Crippen molar-refractivity contribution in [1.82, 2.24) is 4.90 Å². The molecular formula is C40H44N4O7. The third-order valence-corrected chi connectivity index (χ3v) is 10.1. The van der Waals surface area contributed by atoms with Crippen LogP contribution in [-0.4, -0.2) is 70.8 Å². The first-order valence-electron chi connectivity index (χ1n) is 17.5. The van der Waals surface area contributed by atoms with Crippen molar-refractivity contribution in [1.29, 1.82) is 0 Å². The highest BCUT2D eigenvalue weighted by Crippen LogP contribution is 2.47. The average molecular weight is 693 g/mol. The number of aliphatic hydroxyl groups is 2. The minimum Gasteiger partial charge on any atom is -0.469 e. The summed E-state index contributed by atoms with van der Waals surface area (Å²) in [7, 11) is 1.33. The first kappa shape index (κ1) is 35.7. The lowest BCUT2D eigenvalue weighted by Gasteiger charge is -2.36. The molecule has 0 unspecified atom stereocenters. The van der Waals surface area contributed by atoms with Gasteiger partial charge in [-0.15, -0.1) is 0 Å². The summed E-state index contributed by atoms with van der Waals surface area (Å²) in [5, 5.41) is 28.5. The number of nitrogens with zero attached hydrogens (tertiary/aromatic N) is 4. The largest absolute Gasteiger partial charge is 0.469 e. The van der Waals surface area contributed by atoms with E-state index in [4.69, 9.17) is 4.74 Å². The molecule has 3 aromatic carbocycles. The summed E-state index contributed by atoms with van der Waals surface area (Å²) in [6, 6.07) is 22.3. The number of methoxy groups -OCH3 is 1. The van der Waals surface area contributed by atoms with Crippen LogP contribution in [0.25, 0.3) is 0 Å². The summed E-state index contributed by atoms with van der Waals surface area (Å²) < 4.78 is 4.75. The number of ether oxygens (including phenoxy) is 1. The Morgan fingerprint density at radius 3 is 2.51 bits per heavy atom. The van der Waals surface area contributed by atoms with E-state index in [1.54, 1.807) is 42.2 Å². The van der Waals surface area contributed by atoms with Gasteiger partial charge in [0.25, 0.3) is 5.91 Å². The minimum atomic E-state index is -2.00. The highest BCUT2D eigenvalue weighted by molar-refractivity contribution is 6.10. The molecule has 0 aromatic heterocycles. The number of anilines is 2. The number of carbonyl (C=O) groups is 4. The maximum atomic E-state index is 14.2. The fourth-order valence-electron chi connectivity index (χ4n) is 7.19. The van der Waals surface area contributed by atoms with Crippen molar-refractivity contribution in [3.05, 3.63) is 107 Å². The molecule has 0 fully saturated rings. The van der Waals surface area contributed by atoms with E-state index in [1.165, 1.54) is 17.0 Å². The maximum absolute atomic E-state index is 14.2. The second-order valence-electron chi connectivity index (χ2n) is 13.3. The molecular weight excluding hydrogens is 648 g/mol. The molecule has 266 valence electrons. The van der Waals surface area contributed by atoms with Crippen LogP contribution >= 0.6 is 0 Å². The Morgan fingerprint density at radius 2 is 1.76 bits per heavy atom. The molecule has 3 aliphatic heterocycles. The maximum Gasteiger partial charge on any atom is 0.305 e. The van der Waals surface area contributed by atoms with Crippen LogP contribution in [0.5, 0.6) is 0 Å². The van der Waals surface area contributed by atoms with E-state index in [2.05, 4.69) is 5.10 Å². The molecule has 0 radical (unpaired) electrons. The number of esters is 1. The highest BCUT2D eigenvalue weighted by atomic mass is 16.5. The number of fused-ring (bicyclic) bond motifs is 2. The number of hydrogen-bond acceptors (Lipinski definition) is 8. The molecule has 0 aliphatic carbocycles. The number of aliphatic hydroxyl groups excluding tert-OH is 1. The van der Waals surface area contributed by atoms with E-state index >= 15 is 0 Å². The van der Waals surface area contributed by atoms with Crippen molar-refractivity contribution in [2.45, 2.75) is 70.1 Å². The van der Waals surface area contributed by atoms with Crippen molar-refractivity contribution >= 4 is 40.8 Å². The summed E-state index contributed by atoms with van der Waals surface area (Å²) in [5.74, 6) is -1.98. The van der Waals surface area contributed by atoms with Gasteiger partial charge >= 0.3 is 5.97 Å². The molecule has 0 saturated carbocycles. The van der Waals surface area contributed by atoms with Crippen LogP contribution in [0.4, 0.5) is 11.4 Å². The molecule has 51 heavy (non-hydrogen) atoms. The minimum absolute atomic E-state index is 0.0245. The Balaban J connectivity index is 1.26. The van der Waals surface area contributed by atoms with Gasteiger partial charge in [-0.05, 0) is 54.2 Å². The van der Waals surface area contributed by atoms with Crippen LogP contribution in [0.3, 0.4) is 0 Å². The number of hydrogen-bond donors (Lipinski definition) is 2. The second kappa shape index (κ2) is 15.4. The number of carbonyl (C=O) groups excluding carboxylic acids is 4. The molecule has 0 bridgehead atoms. The predicted octanol–water partition coefficient (Wildman–Crippen LogP) is 4.62. The molecule has 3 amide bonds. The van der Waals surface area contributed by atoms with Crippen LogP contribution < -0.4 is 9.91 Å². The lowest BCUT2D eigenvalue weighted by molar-refractivity contribution is -0.140. The number of rotatable bonds is 12. The van der Waals surface area contributed by atoms with Gasteiger partial charge in [0.15, 0.2) is 5.60 Å². The zero-order valence-electron chi connectivity index (χ0n) is 29.0. The van der Waals surface area contributed by atoms with Crippen molar-refractivity contribution in [2.24, 2.45) is 11.0 Å². The fraction of sp³-hybridized carbons (Fsp3) is 0.375. The van der Waals surface area contributed by atoms with E-state index in [-0.39, 0.29) is 56.2 Å². The van der Waals surface area contributed by atoms with E-state index in [9.17, 15) is 29.4 Å². The molecule has 0 spiro atoms. The van der Waals surface area contributed by atoms with Gasteiger partial charge in [0.05, 0.1) is 36.8 Å².